The second-order valence-corrected chi connectivity index (χ2v) is 7.38. The molecule has 23 heavy (non-hydrogen) atoms. The van der Waals surface area contributed by atoms with Gasteiger partial charge in [0.2, 0.25) is 6.54 Å². The minimum Gasteiger partial charge on any atom is -0.322 e. The Labute approximate surface area is 139 Å². The highest BCUT2D eigenvalue weighted by Gasteiger charge is 2.34. The lowest BCUT2D eigenvalue weighted by atomic mass is 10.2. The summed E-state index contributed by atoms with van der Waals surface area (Å²) in [5, 5.41) is 3.06. The molecule has 2 aromatic carbocycles. The fourth-order valence-corrected chi connectivity index (χ4v) is 4.21. The number of amides is 1. The number of nitrogens with zero attached hydrogens (tertiary/aromatic N) is 1. The Morgan fingerprint density at radius 3 is 2.57 bits per heavy atom. The monoisotopic (exact) mass is 348 g/mol. The molecule has 1 aliphatic rings. The lowest BCUT2D eigenvalue weighted by molar-refractivity contribution is -0.113. The number of halogens is 1. The predicted molar refractivity (Wildman–Crippen MR) is 88.9 cm³/mol. The van der Waals surface area contributed by atoms with Crippen LogP contribution in [-0.2, 0) is 14.8 Å². The Morgan fingerprint density at radius 1 is 1.13 bits per heavy atom. The number of hydrogen-bond donors (Lipinski definition) is 1. The lowest BCUT2D eigenvalue weighted by Gasteiger charge is -2.29. The van der Waals surface area contributed by atoms with E-state index in [1.165, 1.54) is 6.07 Å². The molecule has 0 atom stereocenters. The van der Waals surface area contributed by atoms with E-state index in [1.807, 2.05) is 0 Å². The fourth-order valence-electron chi connectivity index (χ4n) is 2.38. The van der Waals surface area contributed by atoms with Crippen LogP contribution in [0.4, 0.5) is 11.4 Å². The summed E-state index contributed by atoms with van der Waals surface area (Å²) in [6.45, 7) is 5.72. The van der Waals surface area contributed by atoms with Crippen LogP contribution in [-0.4, -0.2) is 14.3 Å². The highest BCUT2D eigenvalue weighted by atomic mass is 35.5. The van der Waals surface area contributed by atoms with E-state index >= 15 is 0 Å². The van der Waals surface area contributed by atoms with E-state index < -0.39 is 15.9 Å². The van der Waals surface area contributed by atoms with Crippen LogP contribution >= 0.6 is 11.6 Å². The van der Waals surface area contributed by atoms with Gasteiger partial charge in [0, 0.05) is 5.02 Å². The van der Waals surface area contributed by atoms with Crippen LogP contribution in [0.2, 0.25) is 5.02 Å². The van der Waals surface area contributed by atoms with E-state index in [4.69, 9.17) is 11.6 Å². The van der Waals surface area contributed by atoms with Crippen molar-refractivity contribution in [3.05, 3.63) is 59.1 Å². The van der Waals surface area contributed by atoms with Gasteiger partial charge in [0.25, 0.3) is 15.9 Å². The molecular weight excluding hydrogens is 336 g/mol. The minimum absolute atomic E-state index is 0.0939. The van der Waals surface area contributed by atoms with Crippen molar-refractivity contribution in [2.24, 2.45) is 0 Å². The van der Waals surface area contributed by atoms with Crippen LogP contribution in [0.1, 0.15) is 11.1 Å². The molecule has 1 N–H and O–H groups in total. The number of anilines is 2. The number of aryl methyl sites for hydroxylation is 2. The smallest absolute Gasteiger partial charge is 0.265 e. The maximum absolute atomic E-state index is 13.0. The first-order valence-electron chi connectivity index (χ1n) is 6.79. The Hall–Kier alpha value is -2.05. The number of carbonyl (C=O) groups is 1. The normalized spacial score (nSPS) is 14.4. The molecule has 2 radical (unpaired) electrons. The Morgan fingerprint density at radius 2 is 1.83 bits per heavy atom. The first-order valence-corrected chi connectivity index (χ1v) is 8.61. The molecule has 0 saturated heterocycles. The zero-order valence-corrected chi connectivity index (χ0v) is 14.0. The number of sulfonamides is 1. The number of para-hydroxylation sites is 2. The Balaban J connectivity index is 2.18. The Kier molecular flexibility index (Phi) is 3.82. The standard InChI is InChI=1S/C16H13ClN2O3S/c1-10-8-15(11(2)7-12(10)17)23(21,22)19-9-16(20)18-13-5-3-4-6-14(13)19/h3-8H,1-2H3,(H,18,20). The highest BCUT2D eigenvalue weighted by Crippen LogP contribution is 2.36. The van der Waals surface area contributed by atoms with Gasteiger partial charge >= 0.3 is 0 Å². The first kappa shape index (κ1) is 15.8. The molecule has 0 aliphatic carbocycles. The molecule has 0 saturated carbocycles. The molecule has 5 nitrogen and oxygen atoms in total. The Bertz CT molecular complexity index is 910. The zero-order chi connectivity index (χ0) is 16.8. The van der Waals surface area contributed by atoms with Gasteiger partial charge in [-0.2, -0.15) is 0 Å². The third kappa shape index (κ3) is 2.68. The summed E-state index contributed by atoms with van der Waals surface area (Å²) < 4.78 is 26.9. The number of hydrogen-bond acceptors (Lipinski definition) is 3. The van der Waals surface area contributed by atoms with E-state index in [2.05, 4.69) is 11.9 Å². The van der Waals surface area contributed by atoms with Gasteiger partial charge in [-0.1, -0.05) is 23.7 Å². The molecule has 0 aromatic heterocycles. The van der Waals surface area contributed by atoms with E-state index in [-0.39, 0.29) is 4.90 Å². The van der Waals surface area contributed by atoms with Crippen LogP contribution in [0.3, 0.4) is 0 Å². The van der Waals surface area contributed by atoms with Crippen molar-refractivity contribution >= 4 is 38.9 Å². The van der Waals surface area contributed by atoms with E-state index in [0.717, 1.165) is 4.31 Å². The third-order valence-electron chi connectivity index (χ3n) is 3.55. The van der Waals surface area contributed by atoms with Gasteiger partial charge in [0.1, 0.15) is 0 Å². The molecule has 0 fully saturated rings. The quantitative estimate of drug-likeness (QED) is 0.906. The fraction of sp³-hybridized carbons (Fsp3) is 0.125. The molecule has 0 spiro atoms. The van der Waals surface area contributed by atoms with Crippen molar-refractivity contribution in [2.45, 2.75) is 18.7 Å². The summed E-state index contributed by atoms with van der Waals surface area (Å²) in [6.07, 6.45) is 0. The molecule has 7 heteroatoms. The van der Waals surface area contributed by atoms with Crippen LogP contribution in [0.5, 0.6) is 0 Å². The van der Waals surface area contributed by atoms with Crippen LogP contribution < -0.4 is 9.62 Å². The highest BCUT2D eigenvalue weighted by molar-refractivity contribution is 7.93. The molecule has 1 heterocycles. The van der Waals surface area contributed by atoms with Gasteiger partial charge in [-0.25, -0.2) is 12.7 Å². The molecular formula is C16H13ClN2O3S. The summed E-state index contributed by atoms with van der Waals surface area (Å²) in [4.78, 5) is 11.9. The predicted octanol–water partition coefficient (Wildman–Crippen LogP) is 3.14. The molecule has 2 aromatic rings. The largest absolute Gasteiger partial charge is 0.322 e. The summed E-state index contributed by atoms with van der Waals surface area (Å²) in [7, 11) is -3.98. The number of benzene rings is 2. The second-order valence-electron chi connectivity index (χ2n) is 5.22. The summed E-state index contributed by atoms with van der Waals surface area (Å²) in [5.41, 5.74) is 1.92. The number of nitrogens with one attached hydrogen (secondary N) is 1. The maximum Gasteiger partial charge on any atom is 0.265 e. The average molecular weight is 349 g/mol. The minimum atomic E-state index is -3.98. The number of carbonyl (C=O) groups excluding carboxylic acids is 1. The first-order chi connectivity index (χ1) is 10.8. The van der Waals surface area contributed by atoms with Crippen molar-refractivity contribution < 1.29 is 13.2 Å². The molecule has 0 bridgehead atoms. The maximum atomic E-state index is 13.0. The molecule has 1 amide bonds. The van der Waals surface area contributed by atoms with Gasteiger partial charge in [0.05, 0.1) is 16.3 Å². The molecule has 3 rings (SSSR count). The third-order valence-corrected chi connectivity index (χ3v) is 5.72. The number of rotatable bonds is 2. The molecule has 118 valence electrons. The van der Waals surface area contributed by atoms with Gasteiger partial charge in [-0.15, -0.1) is 0 Å². The van der Waals surface area contributed by atoms with Crippen molar-refractivity contribution in [1.82, 2.24) is 0 Å². The lowest BCUT2D eigenvalue weighted by Crippen LogP contribution is -2.38. The van der Waals surface area contributed by atoms with E-state index in [9.17, 15) is 13.2 Å². The average Bonchev–Trinajstić information content (AvgIpc) is 2.49. The molecule has 0 unspecified atom stereocenters. The van der Waals surface area contributed by atoms with Crippen molar-refractivity contribution in [3.63, 3.8) is 0 Å². The van der Waals surface area contributed by atoms with Crippen LogP contribution in [0.15, 0.2) is 41.3 Å². The van der Waals surface area contributed by atoms with Gasteiger partial charge in [0.15, 0.2) is 0 Å². The van der Waals surface area contributed by atoms with E-state index in [0.29, 0.717) is 27.5 Å². The topological polar surface area (TPSA) is 66.5 Å². The second kappa shape index (κ2) is 5.54. The van der Waals surface area contributed by atoms with Crippen LogP contribution in [0.25, 0.3) is 0 Å². The summed E-state index contributed by atoms with van der Waals surface area (Å²) >= 11 is 6.04. The summed E-state index contributed by atoms with van der Waals surface area (Å²) in [6, 6.07) is 9.75. The van der Waals surface area contributed by atoms with Crippen molar-refractivity contribution in [1.29, 1.82) is 0 Å². The number of fused-ring (bicyclic) bond motifs is 1. The van der Waals surface area contributed by atoms with Crippen molar-refractivity contribution in [3.8, 4) is 0 Å². The van der Waals surface area contributed by atoms with Gasteiger partial charge in [-0.3, -0.25) is 4.79 Å². The van der Waals surface area contributed by atoms with Crippen LogP contribution in [0, 0.1) is 20.4 Å². The SMILES string of the molecule is Cc1cc(S(=O)(=O)N2[C]C(=O)Nc3ccccc32)c(C)cc1Cl. The van der Waals surface area contributed by atoms with Gasteiger partial charge < -0.3 is 5.32 Å². The van der Waals surface area contributed by atoms with Gasteiger partial charge in [-0.05, 0) is 49.2 Å². The summed E-state index contributed by atoms with van der Waals surface area (Å²) in [5.74, 6) is -0.615. The van der Waals surface area contributed by atoms with Crippen molar-refractivity contribution in [2.75, 3.05) is 9.62 Å². The van der Waals surface area contributed by atoms with E-state index in [1.54, 1.807) is 44.2 Å². The molecule has 1 aliphatic heterocycles. The zero-order valence-electron chi connectivity index (χ0n) is 12.4.